The molecule has 0 aliphatic carbocycles. The number of nitrogens with one attached hydrogen (secondary N) is 4. The van der Waals surface area contributed by atoms with Crippen LogP contribution in [0.15, 0.2) is 9.98 Å². The Morgan fingerprint density at radius 2 is 1.24 bits per heavy atom. The Bertz CT molecular complexity index is 952. The number of aliphatic hydroxyl groups is 2. The molecule has 17 N–H and O–H groups in total. The van der Waals surface area contributed by atoms with E-state index in [0.717, 1.165) is 0 Å². The van der Waals surface area contributed by atoms with E-state index < -0.39 is 72.5 Å². The summed E-state index contributed by atoms with van der Waals surface area (Å²) in [6.07, 6.45) is -0.640. The molecule has 0 aliphatic rings. The van der Waals surface area contributed by atoms with E-state index >= 15 is 0 Å². The molecule has 19 heteroatoms. The molecule has 0 saturated carbocycles. The minimum absolute atomic E-state index is 0.0389. The molecule has 234 valence electrons. The summed E-state index contributed by atoms with van der Waals surface area (Å²) in [6.45, 7) is 1.96. The predicted molar refractivity (Wildman–Crippen MR) is 148 cm³/mol. The van der Waals surface area contributed by atoms with Crippen LogP contribution in [-0.4, -0.2) is 113 Å². The van der Waals surface area contributed by atoms with Gasteiger partial charge in [-0.25, -0.2) is 4.79 Å². The molecule has 0 bridgehead atoms. The summed E-state index contributed by atoms with van der Waals surface area (Å²) in [5, 5.41) is 38.0. The molecule has 0 saturated heterocycles. The molecule has 41 heavy (non-hydrogen) atoms. The number of nitrogens with zero attached hydrogens (tertiary/aromatic N) is 2. The first-order chi connectivity index (χ1) is 19.1. The number of guanidine groups is 2. The SMILES string of the molecule is C[C@H](NC(=O)[C@@H](NC(=O)[C@@H](N)CCCN=C(N)N)[C@@H](C)O)C(=O)N[C@@H](CO)C(=O)N[C@@H](CCCN=C(N)N)C(=O)O. The fraction of sp³-hybridized carbons (Fsp3) is 0.682. The number of carbonyl (C=O) groups excluding carboxylic acids is 4. The van der Waals surface area contributed by atoms with E-state index in [1.54, 1.807) is 0 Å². The highest BCUT2D eigenvalue weighted by Crippen LogP contribution is 2.02. The van der Waals surface area contributed by atoms with Gasteiger partial charge in [-0.15, -0.1) is 0 Å². The number of carboxylic acid groups (broad SMARTS) is 1. The summed E-state index contributed by atoms with van der Waals surface area (Å²) in [4.78, 5) is 69.2. The van der Waals surface area contributed by atoms with Crippen molar-refractivity contribution in [2.24, 2.45) is 38.7 Å². The van der Waals surface area contributed by atoms with Gasteiger partial charge in [-0.05, 0) is 39.5 Å². The fourth-order valence-electron chi connectivity index (χ4n) is 3.21. The first kappa shape index (κ1) is 36.8. The molecule has 0 aliphatic heterocycles. The maximum Gasteiger partial charge on any atom is 0.326 e. The van der Waals surface area contributed by atoms with E-state index in [9.17, 15) is 39.3 Å². The Morgan fingerprint density at radius 1 is 0.732 bits per heavy atom. The smallest absolute Gasteiger partial charge is 0.326 e. The van der Waals surface area contributed by atoms with Gasteiger partial charge >= 0.3 is 5.97 Å². The third-order valence-electron chi connectivity index (χ3n) is 5.49. The number of carboxylic acids is 1. The van der Waals surface area contributed by atoms with E-state index in [-0.39, 0.29) is 44.3 Å². The van der Waals surface area contributed by atoms with Gasteiger partial charge in [0.05, 0.1) is 18.8 Å². The first-order valence-corrected chi connectivity index (χ1v) is 12.7. The number of aliphatic carboxylic acids is 1. The zero-order valence-electron chi connectivity index (χ0n) is 23.1. The van der Waals surface area contributed by atoms with Crippen LogP contribution in [0.3, 0.4) is 0 Å². The third kappa shape index (κ3) is 15.2. The predicted octanol–water partition coefficient (Wildman–Crippen LogP) is -6.16. The van der Waals surface area contributed by atoms with Gasteiger partial charge in [-0.1, -0.05) is 0 Å². The monoisotopic (exact) mass is 589 g/mol. The van der Waals surface area contributed by atoms with E-state index in [0.29, 0.717) is 6.42 Å². The average Bonchev–Trinajstić information content (AvgIpc) is 2.88. The highest BCUT2D eigenvalue weighted by Gasteiger charge is 2.31. The Labute approximate surface area is 236 Å². The van der Waals surface area contributed by atoms with Crippen LogP contribution >= 0.6 is 0 Å². The molecule has 19 nitrogen and oxygen atoms in total. The molecular weight excluding hydrogens is 546 g/mol. The van der Waals surface area contributed by atoms with Crippen molar-refractivity contribution in [3.63, 3.8) is 0 Å². The highest BCUT2D eigenvalue weighted by atomic mass is 16.4. The van der Waals surface area contributed by atoms with Crippen LogP contribution in [0.2, 0.25) is 0 Å². The van der Waals surface area contributed by atoms with Gasteiger partial charge in [-0.2, -0.15) is 0 Å². The van der Waals surface area contributed by atoms with Crippen LogP contribution in [0.4, 0.5) is 0 Å². The lowest BCUT2D eigenvalue weighted by molar-refractivity contribution is -0.142. The molecule has 0 unspecified atom stereocenters. The molecule has 0 spiro atoms. The van der Waals surface area contributed by atoms with Gasteiger partial charge < -0.3 is 65.3 Å². The maximum atomic E-state index is 12.7. The second kappa shape index (κ2) is 19.0. The van der Waals surface area contributed by atoms with Gasteiger partial charge in [0, 0.05) is 13.1 Å². The van der Waals surface area contributed by atoms with Crippen LogP contribution in [0.25, 0.3) is 0 Å². The summed E-state index contributed by atoms with van der Waals surface area (Å²) < 4.78 is 0. The highest BCUT2D eigenvalue weighted by molar-refractivity contribution is 5.95. The molecule has 0 aromatic rings. The number of amides is 4. The van der Waals surface area contributed by atoms with Gasteiger partial charge in [0.1, 0.15) is 24.2 Å². The summed E-state index contributed by atoms with van der Waals surface area (Å²) >= 11 is 0. The van der Waals surface area contributed by atoms with Crippen molar-refractivity contribution in [2.45, 2.75) is 75.8 Å². The van der Waals surface area contributed by atoms with Gasteiger partial charge in [-0.3, -0.25) is 29.2 Å². The standard InChI is InChI=1S/C22H43N11O8/c1-10(30-19(39)15(11(2)35)33-17(37)12(23)5-3-7-28-21(24)25)16(36)32-14(9-34)18(38)31-13(20(40)41)6-4-8-29-22(26)27/h10-15,34-35H,3-9,23H2,1-2H3,(H,30,39)(H,31,38)(H,32,36)(H,33,37)(H,40,41)(H4,24,25,28)(H4,26,27,29)/t10-,11+,12-,13-,14-,15-/m0/s1. The first-order valence-electron chi connectivity index (χ1n) is 12.7. The average molecular weight is 590 g/mol. The minimum Gasteiger partial charge on any atom is -0.480 e. The largest absolute Gasteiger partial charge is 0.480 e. The van der Waals surface area contributed by atoms with Crippen molar-refractivity contribution >= 4 is 41.5 Å². The van der Waals surface area contributed by atoms with E-state index in [2.05, 4.69) is 31.3 Å². The summed E-state index contributed by atoms with van der Waals surface area (Å²) in [5.74, 6) is -5.22. The molecule has 4 amide bonds. The van der Waals surface area contributed by atoms with Crippen molar-refractivity contribution < 1.29 is 39.3 Å². The Morgan fingerprint density at radius 3 is 1.71 bits per heavy atom. The number of carbonyl (C=O) groups is 5. The normalized spacial score (nSPS) is 15.0. The summed E-state index contributed by atoms with van der Waals surface area (Å²) in [7, 11) is 0. The number of aliphatic imine (C=N–C) groups is 2. The van der Waals surface area contributed by atoms with Crippen LogP contribution in [0.1, 0.15) is 39.5 Å². The molecule has 0 radical (unpaired) electrons. The number of rotatable bonds is 19. The Balaban J connectivity index is 5.07. The van der Waals surface area contributed by atoms with Gasteiger partial charge in [0.2, 0.25) is 23.6 Å². The number of hydrogen-bond donors (Lipinski definition) is 12. The number of aliphatic hydroxyl groups excluding tert-OH is 2. The topological polar surface area (TPSA) is 349 Å². The van der Waals surface area contributed by atoms with Crippen LogP contribution < -0.4 is 49.9 Å². The van der Waals surface area contributed by atoms with Crippen molar-refractivity contribution in [1.82, 2.24) is 21.3 Å². The second-order valence-electron chi connectivity index (χ2n) is 9.10. The maximum absolute atomic E-state index is 12.7. The van der Waals surface area contributed by atoms with Gasteiger partial charge in [0.15, 0.2) is 11.9 Å². The third-order valence-corrected chi connectivity index (χ3v) is 5.49. The zero-order valence-corrected chi connectivity index (χ0v) is 23.1. The van der Waals surface area contributed by atoms with Crippen LogP contribution in [-0.2, 0) is 24.0 Å². The van der Waals surface area contributed by atoms with Crippen molar-refractivity contribution in [3.05, 3.63) is 0 Å². The molecule has 0 aromatic heterocycles. The second-order valence-corrected chi connectivity index (χ2v) is 9.10. The quantitative estimate of drug-likeness (QED) is 0.0379. The summed E-state index contributed by atoms with van der Waals surface area (Å²) in [5.41, 5.74) is 26.7. The van der Waals surface area contributed by atoms with Gasteiger partial charge in [0.25, 0.3) is 0 Å². The van der Waals surface area contributed by atoms with Crippen molar-refractivity contribution in [1.29, 1.82) is 0 Å². The van der Waals surface area contributed by atoms with E-state index in [1.807, 2.05) is 0 Å². The summed E-state index contributed by atoms with van der Waals surface area (Å²) in [6, 6.07) is -6.72. The van der Waals surface area contributed by atoms with E-state index in [4.69, 9.17) is 28.7 Å². The van der Waals surface area contributed by atoms with Crippen LogP contribution in [0.5, 0.6) is 0 Å². The molecule has 6 atom stereocenters. The molecule has 0 heterocycles. The number of nitrogens with two attached hydrogens (primary N) is 5. The molecular formula is C22H43N11O8. The fourth-order valence-corrected chi connectivity index (χ4v) is 3.21. The number of hydrogen-bond acceptors (Lipinski definition) is 10. The molecule has 0 aromatic carbocycles. The van der Waals surface area contributed by atoms with Crippen LogP contribution in [0, 0.1) is 0 Å². The lowest BCUT2D eigenvalue weighted by atomic mass is 10.1. The van der Waals surface area contributed by atoms with Crippen molar-refractivity contribution in [2.75, 3.05) is 19.7 Å². The Hall–Kier alpha value is -4.23. The lowest BCUT2D eigenvalue weighted by Crippen LogP contribution is -2.60. The van der Waals surface area contributed by atoms with Crippen molar-refractivity contribution in [3.8, 4) is 0 Å². The molecule has 0 rings (SSSR count). The van der Waals surface area contributed by atoms with E-state index in [1.165, 1.54) is 13.8 Å². The molecule has 0 fully saturated rings. The minimum atomic E-state index is -1.55. The zero-order chi connectivity index (χ0) is 31.7. The lowest BCUT2D eigenvalue weighted by Gasteiger charge is -2.25. The Kier molecular flexibility index (Phi) is 17.0.